The first kappa shape index (κ1) is 12.7. The summed E-state index contributed by atoms with van der Waals surface area (Å²) in [5.74, 6) is -0.353. The minimum Gasteiger partial charge on any atom is -0.464 e. The summed E-state index contributed by atoms with van der Waals surface area (Å²) in [6.07, 6.45) is 0.207. The summed E-state index contributed by atoms with van der Waals surface area (Å²) in [4.78, 5) is 21.5. The normalized spacial score (nSPS) is 11.6. The first-order chi connectivity index (χ1) is 6.60. The van der Waals surface area contributed by atoms with Gasteiger partial charge in [0.1, 0.15) is 6.61 Å². The fourth-order valence-electron chi connectivity index (χ4n) is 0.819. The Labute approximate surface area is 83.8 Å². The molecule has 0 aliphatic rings. The van der Waals surface area contributed by atoms with Crippen LogP contribution in [0.2, 0.25) is 0 Å². The minimum absolute atomic E-state index is 0.182. The maximum atomic E-state index is 11.0. The summed E-state index contributed by atoms with van der Waals surface area (Å²) >= 11 is 0. The van der Waals surface area contributed by atoms with Crippen LogP contribution in [-0.2, 0) is 14.3 Å². The molecule has 82 valence electrons. The first-order valence-corrected chi connectivity index (χ1v) is 4.66. The van der Waals surface area contributed by atoms with Crippen LogP contribution in [0.15, 0.2) is 0 Å². The molecule has 0 heterocycles. The molecule has 1 amide bonds. The fraction of sp³-hybridized carbons (Fsp3) is 0.778. The molecule has 1 atom stereocenters. The van der Waals surface area contributed by atoms with E-state index in [0.717, 1.165) is 0 Å². The molecule has 0 aromatic rings. The van der Waals surface area contributed by atoms with Crippen LogP contribution in [-0.4, -0.2) is 31.3 Å². The van der Waals surface area contributed by atoms with Gasteiger partial charge in [-0.2, -0.15) is 0 Å². The SMILES string of the molecule is CCOC(=O)N[C@H](CC)COC(C)=O. The molecule has 0 radical (unpaired) electrons. The van der Waals surface area contributed by atoms with Crippen molar-refractivity contribution in [3.05, 3.63) is 0 Å². The van der Waals surface area contributed by atoms with E-state index < -0.39 is 6.09 Å². The average Bonchev–Trinajstić information content (AvgIpc) is 2.12. The molecule has 0 saturated carbocycles. The van der Waals surface area contributed by atoms with E-state index >= 15 is 0 Å². The molecule has 5 nitrogen and oxygen atoms in total. The molecule has 0 aliphatic carbocycles. The van der Waals surface area contributed by atoms with Crippen molar-refractivity contribution >= 4 is 12.1 Å². The third-order valence-corrected chi connectivity index (χ3v) is 1.58. The smallest absolute Gasteiger partial charge is 0.407 e. The highest BCUT2D eigenvalue weighted by molar-refractivity contribution is 5.68. The molecule has 0 fully saturated rings. The Morgan fingerprint density at radius 1 is 1.29 bits per heavy atom. The van der Waals surface area contributed by atoms with Gasteiger partial charge in [-0.3, -0.25) is 4.79 Å². The number of esters is 1. The van der Waals surface area contributed by atoms with E-state index in [1.54, 1.807) is 6.92 Å². The summed E-state index contributed by atoms with van der Waals surface area (Å²) in [5.41, 5.74) is 0. The van der Waals surface area contributed by atoms with Crippen molar-refractivity contribution < 1.29 is 19.1 Å². The molecular formula is C9H17NO4. The van der Waals surface area contributed by atoms with Gasteiger partial charge in [0.15, 0.2) is 0 Å². The highest BCUT2D eigenvalue weighted by Gasteiger charge is 2.11. The van der Waals surface area contributed by atoms with Crippen LogP contribution >= 0.6 is 0 Å². The number of hydrogen-bond donors (Lipinski definition) is 1. The Balaban J connectivity index is 3.78. The summed E-state index contributed by atoms with van der Waals surface area (Å²) in [6.45, 7) is 5.46. The number of nitrogens with one attached hydrogen (secondary N) is 1. The lowest BCUT2D eigenvalue weighted by molar-refractivity contribution is -0.141. The van der Waals surface area contributed by atoms with Gasteiger partial charge in [-0.25, -0.2) is 4.79 Å². The average molecular weight is 203 g/mol. The number of amides is 1. The molecule has 0 aliphatic heterocycles. The second-order valence-corrected chi connectivity index (χ2v) is 2.77. The first-order valence-electron chi connectivity index (χ1n) is 4.66. The Morgan fingerprint density at radius 2 is 1.93 bits per heavy atom. The zero-order chi connectivity index (χ0) is 11.0. The number of ether oxygens (including phenoxy) is 2. The van der Waals surface area contributed by atoms with Gasteiger partial charge in [-0.15, -0.1) is 0 Å². The number of hydrogen-bond acceptors (Lipinski definition) is 4. The van der Waals surface area contributed by atoms with E-state index in [1.165, 1.54) is 6.92 Å². The predicted molar refractivity (Wildman–Crippen MR) is 50.9 cm³/mol. The highest BCUT2D eigenvalue weighted by atomic mass is 16.6. The maximum Gasteiger partial charge on any atom is 0.407 e. The van der Waals surface area contributed by atoms with E-state index in [9.17, 15) is 9.59 Å². The van der Waals surface area contributed by atoms with Crippen LogP contribution in [0.1, 0.15) is 27.2 Å². The van der Waals surface area contributed by atoms with Crippen LogP contribution in [0.5, 0.6) is 0 Å². The third kappa shape index (κ3) is 6.28. The standard InChI is InChI=1S/C9H17NO4/c1-4-8(6-14-7(3)11)10-9(12)13-5-2/h8H,4-6H2,1-3H3,(H,10,12)/t8-/m1/s1. The molecule has 0 aromatic carbocycles. The zero-order valence-electron chi connectivity index (χ0n) is 8.83. The summed E-state index contributed by atoms with van der Waals surface area (Å²) < 4.78 is 9.46. The molecule has 0 unspecified atom stereocenters. The monoisotopic (exact) mass is 203 g/mol. The van der Waals surface area contributed by atoms with E-state index in [4.69, 9.17) is 9.47 Å². The largest absolute Gasteiger partial charge is 0.464 e. The number of carbonyl (C=O) groups excluding carboxylic acids is 2. The Morgan fingerprint density at radius 3 is 2.36 bits per heavy atom. The van der Waals surface area contributed by atoms with Gasteiger partial charge in [0.2, 0.25) is 0 Å². The lowest BCUT2D eigenvalue weighted by Crippen LogP contribution is -2.38. The molecule has 0 aromatic heterocycles. The van der Waals surface area contributed by atoms with E-state index in [2.05, 4.69) is 5.32 Å². The zero-order valence-corrected chi connectivity index (χ0v) is 8.83. The number of alkyl carbamates (subject to hydrolysis) is 1. The fourth-order valence-corrected chi connectivity index (χ4v) is 0.819. The predicted octanol–water partition coefficient (Wildman–Crippen LogP) is 1.07. The van der Waals surface area contributed by atoms with Crippen LogP contribution in [0, 0.1) is 0 Å². The minimum atomic E-state index is -0.480. The molecule has 0 rings (SSSR count). The molecule has 1 N–H and O–H groups in total. The van der Waals surface area contributed by atoms with Gasteiger partial charge in [0.05, 0.1) is 12.6 Å². The molecular weight excluding hydrogens is 186 g/mol. The van der Waals surface area contributed by atoms with Crippen molar-refractivity contribution in [2.45, 2.75) is 33.2 Å². The van der Waals surface area contributed by atoms with Crippen molar-refractivity contribution in [2.75, 3.05) is 13.2 Å². The van der Waals surface area contributed by atoms with Gasteiger partial charge < -0.3 is 14.8 Å². The van der Waals surface area contributed by atoms with Crippen molar-refractivity contribution in [3.8, 4) is 0 Å². The van der Waals surface area contributed by atoms with Gasteiger partial charge in [0.25, 0.3) is 0 Å². The van der Waals surface area contributed by atoms with E-state index in [-0.39, 0.29) is 18.6 Å². The lowest BCUT2D eigenvalue weighted by Gasteiger charge is -2.15. The van der Waals surface area contributed by atoms with E-state index in [0.29, 0.717) is 13.0 Å². The second-order valence-electron chi connectivity index (χ2n) is 2.77. The second kappa shape index (κ2) is 7.17. The van der Waals surface area contributed by atoms with Gasteiger partial charge in [0, 0.05) is 6.92 Å². The van der Waals surface area contributed by atoms with Crippen molar-refractivity contribution in [1.29, 1.82) is 0 Å². The molecule has 5 heteroatoms. The van der Waals surface area contributed by atoms with Crippen LogP contribution < -0.4 is 5.32 Å². The topological polar surface area (TPSA) is 64.6 Å². The van der Waals surface area contributed by atoms with Crippen LogP contribution in [0.4, 0.5) is 4.79 Å². The van der Waals surface area contributed by atoms with E-state index in [1.807, 2.05) is 6.92 Å². The number of rotatable bonds is 5. The molecule has 14 heavy (non-hydrogen) atoms. The van der Waals surface area contributed by atoms with Gasteiger partial charge in [-0.05, 0) is 13.3 Å². The van der Waals surface area contributed by atoms with Crippen LogP contribution in [0.25, 0.3) is 0 Å². The van der Waals surface area contributed by atoms with Gasteiger partial charge in [-0.1, -0.05) is 6.92 Å². The number of carbonyl (C=O) groups is 2. The lowest BCUT2D eigenvalue weighted by atomic mass is 10.2. The highest BCUT2D eigenvalue weighted by Crippen LogP contribution is 1.93. The molecule has 0 spiro atoms. The Kier molecular flexibility index (Phi) is 6.53. The summed E-state index contributed by atoms with van der Waals surface area (Å²) in [5, 5.41) is 2.58. The van der Waals surface area contributed by atoms with Crippen molar-refractivity contribution in [2.24, 2.45) is 0 Å². The van der Waals surface area contributed by atoms with Crippen LogP contribution in [0.3, 0.4) is 0 Å². The van der Waals surface area contributed by atoms with Crippen molar-refractivity contribution in [3.63, 3.8) is 0 Å². The summed E-state index contributed by atoms with van der Waals surface area (Å²) in [6, 6.07) is -0.182. The van der Waals surface area contributed by atoms with Gasteiger partial charge >= 0.3 is 12.1 Å². The Bertz CT molecular complexity index is 193. The van der Waals surface area contributed by atoms with Crippen molar-refractivity contribution in [1.82, 2.24) is 5.32 Å². The maximum absolute atomic E-state index is 11.0. The molecule has 0 saturated heterocycles. The summed E-state index contributed by atoms with van der Waals surface area (Å²) in [7, 11) is 0. The quantitative estimate of drug-likeness (QED) is 0.679. The third-order valence-electron chi connectivity index (χ3n) is 1.58. The molecule has 0 bridgehead atoms. The Hall–Kier alpha value is -1.26.